The van der Waals surface area contributed by atoms with Gasteiger partial charge in [0.05, 0.1) is 12.7 Å². The molecule has 5 heteroatoms. The summed E-state index contributed by atoms with van der Waals surface area (Å²) in [4.78, 5) is 14.6. The molecule has 2 atom stereocenters. The summed E-state index contributed by atoms with van der Waals surface area (Å²) in [7, 11) is 0. The molecule has 1 saturated heterocycles. The molecular formula is C16H31N3O2. The Morgan fingerprint density at radius 3 is 2.57 bits per heavy atom. The van der Waals surface area contributed by atoms with Crippen LogP contribution in [0, 0.1) is 5.92 Å². The van der Waals surface area contributed by atoms with Crippen molar-refractivity contribution in [1.82, 2.24) is 10.2 Å². The number of ether oxygens (including phenoxy) is 1. The molecule has 1 saturated carbocycles. The van der Waals surface area contributed by atoms with Crippen molar-refractivity contribution in [2.24, 2.45) is 11.7 Å². The first-order valence-corrected chi connectivity index (χ1v) is 8.44. The molecular weight excluding hydrogens is 266 g/mol. The fourth-order valence-electron chi connectivity index (χ4n) is 3.29. The predicted molar refractivity (Wildman–Crippen MR) is 84.0 cm³/mol. The van der Waals surface area contributed by atoms with Crippen LogP contribution in [-0.2, 0) is 9.53 Å². The highest BCUT2D eigenvalue weighted by molar-refractivity contribution is 5.79. The Labute approximate surface area is 128 Å². The van der Waals surface area contributed by atoms with Crippen molar-refractivity contribution in [1.29, 1.82) is 0 Å². The predicted octanol–water partition coefficient (Wildman–Crippen LogP) is 1.12. The molecule has 0 aromatic rings. The molecule has 0 radical (unpaired) electrons. The van der Waals surface area contributed by atoms with E-state index in [-0.39, 0.29) is 17.9 Å². The van der Waals surface area contributed by atoms with Crippen LogP contribution in [0.25, 0.3) is 0 Å². The third-order valence-corrected chi connectivity index (χ3v) is 4.64. The standard InChI is InChI=1S/C16H31N3O2/c1-12(2)21-10-9-19-7-5-15(6-8-19)18-16(20)13-3-4-14(17)11-13/h12-15H,3-11,17H2,1-2H3,(H,18,20). The first-order valence-electron chi connectivity index (χ1n) is 8.44. The van der Waals surface area contributed by atoms with Gasteiger partial charge in [0.2, 0.25) is 5.91 Å². The van der Waals surface area contributed by atoms with Gasteiger partial charge in [-0.3, -0.25) is 4.79 Å². The zero-order chi connectivity index (χ0) is 15.2. The van der Waals surface area contributed by atoms with Gasteiger partial charge in [0, 0.05) is 37.6 Å². The number of nitrogens with two attached hydrogens (primary N) is 1. The number of hydrogen-bond acceptors (Lipinski definition) is 4. The van der Waals surface area contributed by atoms with Gasteiger partial charge in [-0.05, 0) is 46.0 Å². The maximum Gasteiger partial charge on any atom is 0.223 e. The SMILES string of the molecule is CC(C)OCCN1CCC(NC(=O)C2CCC(N)C2)CC1. The van der Waals surface area contributed by atoms with Crippen LogP contribution in [0.4, 0.5) is 0 Å². The van der Waals surface area contributed by atoms with Crippen molar-refractivity contribution in [3.05, 3.63) is 0 Å². The van der Waals surface area contributed by atoms with E-state index in [0.717, 1.165) is 58.3 Å². The number of nitrogens with zero attached hydrogens (tertiary/aromatic N) is 1. The molecule has 2 rings (SSSR count). The number of amides is 1. The normalized spacial score (nSPS) is 28.2. The zero-order valence-corrected chi connectivity index (χ0v) is 13.5. The Hall–Kier alpha value is -0.650. The first-order chi connectivity index (χ1) is 10.0. The van der Waals surface area contributed by atoms with E-state index in [1.54, 1.807) is 0 Å². The number of carbonyl (C=O) groups is 1. The van der Waals surface area contributed by atoms with Crippen molar-refractivity contribution >= 4 is 5.91 Å². The molecule has 0 aromatic carbocycles. The van der Waals surface area contributed by atoms with E-state index < -0.39 is 0 Å². The lowest BCUT2D eigenvalue weighted by Gasteiger charge is -2.32. The molecule has 2 fully saturated rings. The van der Waals surface area contributed by atoms with Crippen LogP contribution in [0.3, 0.4) is 0 Å². The van der Waals surface area contributed by atoms with Gasteiger partial charge in [-0.25, -0.2) is 0 Å². The van der Waals surface area contributed by atoms with Crippen LogP contribution in [0.15, 0.2) is 0 Å². The molecule has 1 amide bonds. The number of piperidine rings is 1. The Morgan fingerprint density at radius 1 is 1.29 bits per heavy atom. The number of nitrogens with one attached hydrogen (secondary N) is 1. The van der Waals surface area contributed by atoms with Crippen LogP contribution in [0.5, 0.6) is 0 Å². The lowest BCUT2D eigenvalue weighted by molar-refractivity contribution is -0.125. The summed E-state index contributed by atoms with van der Waals surface area (Å²) in [6.07, 6.45) is 5.21. The molecule has 2 unspecified atom stereocenters. The van der Waals surface area contributed by atoms with E-state index in [2.05, 4.69) is 24.1 Å². The Morgan fingerprint density at radius 2 is 2.00 bits per heavy atom. The molecule has 2 aliphatic rings. The van der Waals surface area contributed by atoms with Crippen molar-refractivity contribution in [2.45, 2.75) is 64.1 Å². The van der Waals surface area contributed by atoms with Gasteiger partial charge in [-0.1, -0.05) is 0 Å². The van der Waals surface area contributed by atoms with Crippen molar-refractivity contribution in [2.75, 3.05) is 26.2 Å². The fraction of sp³-hybridized carbons (Fsp3) is 0.938. The lowest BCUT2D eigenvalue weighted by atomic mass is 10.0. The molecule has 21 heavy (non-hydrogen) atoms. The second-order valence-electron chi connectivity index (χ2n) is 6.81. The topological polar surface area (TPSA) is 67.6 Å². The first kappa shape index (κ1) is 16.7. The number of carbonyl (C=O) groups excluding carboxylic acids is 1. The second-order valence-corrected chi connectivity index (χ2v) is 6.81. The summed E-state index contributed by atoms with van der Waals surface area (Å²) in [6.45, 7) is 8.03. The maximum atomic E-state index is 12.2. The monoisotopic (exact) mass is 297 g/mol. The highest BCUT2D eigenvalue weighted by Gasteiger charge is 2.29. The zero-order valence-electron chi connectivity index (χ0n) is 13.5. The van der Waals surface area contributed by atoms with Gasteiger partial charge in [-0.2, -0.15) is 0 Å². The van der Waals surface area contributed by atoms with E-state index in [9.17, 15) is 4.79 Å². The van der Waals surface area contributed by atoms with Gasteiger partial charge < -0.3 is 20.7 Å². The molecule has 1 heterocycles. The molecule has 0 bridgehead atoms. The van der Waals surface area contributed by atoms with Crippen molar-refractivity contribution < 1.29 is 9.53 Å². The van der Waals surface area contributed by atoms with Crippen molar-refractivity contribution in [3.8, 4) is 0 Å². The maximum absolute atomic E-state index is 12.2. The summed E-state index contributed by atoms with van der Waals surface area (Å²) in [5.74, 6) is 0.377. The summed E-state index contributed by atoms with van der Waals surface area (Å²) < 4.78 is 5.59. The Balaban J connectivity index is 1.61. The molecule has 5 nitrogen and oxygen atoms in total. The van der Waals surface area contributed by atoms with Crippen LogP contribution >= 0.6 is 0 Å². The highest BCUT2D eigenvalue weighted by Crippen LogP contribution is 2.24. The Bertz CT molecular complexity index is 327. The van der Waals surface area contributed by atoms with Crippen LogP contribution in [-0.4, -0.2) is 55.2 Å². The van der Waals surface area contributed by atoms with Crippen LogP contribution < -0.4 is 11.1 Å². The molecule has 3 N–H and O–H groups in total. The summed E-state index contributed by atoms with van der Waals surface area (Å²) in [5.41, 5.74) is 5.88. The minimum atomic E-state index is 0.150. The van der Waals surface area contributed by atoms with E-state index in [0.29, 0.717) is 12.1 Å². The fourth-order valence-corrected chi connectivity index (χ4v) is 3.29. The molecule has 0 aromatic heterocycles. The van der Waals surface area contributed by atoms with E-state index >= 15 is 0 Å². The summed E-state index contributed by atoms with van der Waals surface area (Å²) in [6, 6.07) is 0.570. The quantitative estimate of drug-likeness (QED) is 0.771. The van der Waals surface area contributed by atoms with E-state index in [1.165, 1.54) is 0 Å². The highest BCUT2D eigenvalue weighted by atomic mass is 16.5. The van der Waals surface area contributed by atoms with E-state index in [1.807, 2.05) is 0 Å². The number of rotatable bonds is 6. The van der Waals surface area contributed by atoms with Gasteiger partial charge >= 0.3 is 0 Å². The molecule has 0 spiro atoms. The largest absolute Gasteiger partial charge is 0.377 e. The van der Waals surface area contributed by atoms with Gasteiger partial charge in [0.1, 0.15) is 0 Å². The Kier molecular flexibility index (Phi) is 6.45. The summed E-state index contributed by atoms with van der Waals surface area (Å²) in [5, 5.41) is 3.22. The second kappa shape index (κ2) is 8.11. The molecule has 1 aliphatic carbocycles. The van der Waals surface area contributed by atoms with Crippen LogP contribution in [0.1, 0.15) is 46.0 Å². The van der Waals surface area contributed by atoms with Crippen LogP contribution in [0.2, 0.25) is 0 Å². The van der Waals surface area contributed by atoms with Gasteiger partial charge in [-0.15, -0.1) is 0 Å². The average Bonchev–Trinajstić information content (AvgIpc) is 2.87. The number of hydrogen-bond donors (Lipinski definition) is 2. The van der Waals surface area contributed by atoms with Gasteiger partial charge in [0.25, 0.3) is 0 Å². The minimum absolute atomic E-state index is 0.150. The smallest absolute Gasteiger partial charge is 0.223 e. The third kappa shape index (κ3) is 5.57. The van der Waals surface area contributed by atoms with E-state index in [4.69, 9.17) is 10.5 Å². The average molecular weight is 297 g/mol. The molecule has 122 valence electrons. The lowest BCUT2D eigenvalue weighted by Crippen LogP contribution is -2.46. The number of likely N-dealkylation sites (tertiary alicyclic amines) is 1. The molecule has 1 aliphatic heterocycles. The third-order valence-electron chi connectivity index (χ3n) is 4.64. The minimum Gasteiger partial charge on any atom is -0.377 e. The van der Waals surface area contributed by atoms with Gasteiger partial charge in [0.15, 0.2) is 0 Å². The van der Waals surface area contributed by atoms with Crippen molar-refractivity contribution in [3.63, 3.8) is 0 Å². The summed E-state index contributed by atoms with van der Waals surface area (Å²) >= 11 is 0.